The predicted octanol–water partition coefficient (Wildman–Crippen LogP) is 21.2. The van der Waals surface area contributed by atoms with Crippen molar-refractivity contribution in [3.8, 4) is 0 Å². The van der Waals surface area contributed by atoms with Gasteiger partial charge in [0.1, 0.15) is 0 Å². The first kappa shape index (κ1) is 71.6. The van der Waals surface area contributed by atoms with E-state index < -0.39 is 12.1 Å². The lowest BCUT2D eigenvalue weighted by molar-refractivity contribution is -0.143. The van der Waals surface area contributed by atoms with E-state index in [-0.39, 0.29) is 18.5 Å². The van der Waals surface area contributed by atoms with E-state index in [4.69, 9.17) is 4.74 Å². The second-order valence-corrected chi connectivity index (χ2v) is 23.2. The zero-order chi connectivity index (χ0) is 52.9. The van der Waals surface area contributed by atoms with Crippen molar-refractivity contribution in [3.05, 3.63) is 12.2 Å². The van der Waals surface area contributed by atoms with Crippen molar-refractivity contribution in [2.45, 2.75) is 392 Å². The first-order valence-electron chi connectivity index (χ1n) is 33.5. The lowest BCUT2D eigenvalue weighted by Crippen LogP contribution is -2.45. The first-order chi connectivity index (χ1) is 36.0. The molecule has 0 aromatic heterocycles. The summed E-state index contributed by atoms with van der Waals surface area (Å²) in [5.41, 5.74) is 0. The van der Waals surface area contributed by atoms with Gasteiger partial charge in [-0.25, -0.2) is 0 Å². The number of aliphatic hydroxyl groups excluding tert-OH is 2. The predicted molar refractivity (Wildman–Crippen MR) is 320 cm³/mol. The molecule has 0 aromatic rings. The summed E-state index contributed by atoms with van der Waals surface area (Å²) in [7, 11) is 0. The summed E-state index contributed by atoms with van der Waals surface area (Å²) in [6.07, 6.45) is 77.0. The number of hydrogen-bond acceptors (Lipinski definition) is 5. The number of ether oxygens (including phenoxy) is 1. The molecule has 3 N–H and O–H groups in total. The van der Waals surface area contributed by atoms with E-state index in [0.717, 1.165) is 38.5 Å². The zero-order valence-electron chi connectivity index (χ0n) is 49.6. The fourth-order valence-corrected chi connectivity index (χ4v) is 10.7. The monoisotopic (exact) mass is 1030 g/mol. The molecule has 0 aliphatic carbocycles. The molecular formula is C67H131NO5. The molecule has 434 valence electrons. The molecule has 2 unspecified atom stereocenters. The van der Waals surface area contributed by atoms with Crippen molar-refractivity contribution in [2.75, 3.05) is 13.2 Å². The van der Waals surface area contributed by atoms with Crippen LogP contribution in [0.25, 0.3) is 0 Å². The maximum absolute atomic E-state index is 12.5. The third-order valence-corrected chi connectivity index (χ3v) is 15.8. The summed E-state index contributed by atoms with van der Waals surface area (Å²) in [4.78, 5) is 24.5. The van der Waals surface area contributed by atoms with E-state index in [1.54, 1.807) is 6.08 Å². The van der Waals surface area contributed by atoms with Crippen LogP contribution in [0.4, 0.5) is 0 Å². The number of amides is 1. The van der Waals surface area contributed by atoms with Crippen LogP contribution in [0.15, 0.2) is 12.2 Å². The fourth-order valence-electron chi connectivity index (χ4n) is 10.7. The molecule has 2 atom stereocenters. The maximum Gasteiger partial charge on any atom is 0.305 e. The minimum atomic E-state index is -0.843. The highest BCUT2D eigenvalue weighted by Crippen LogP contribution is 2.19. The second kappa shape index (κ2) is 63.1. The molecule has 0 radical (unpaired) electrons. The van der Waals surface area contributed by atoms with Gasteiger partial charge in [-0.05, 0) is 32.1 Å². The fraction of sp³-hybridized carbons (Fsp3) is 0.940. The lowest BCUT2D eigenvalue weighted by Gasteiger charge is -2.20. The number of allylic oxidation sites excluding steroid dienone is 1. The third kappa shape index (κ3) is 59.7. The number of nitrogens with one attached hydrogen (secondary N) is 1. The highest BCUT2D eigenvalue weighted by Gasteiger charge is 2.18. The molecule has 6 heteroatoms. The van der Waals surface area contributed by atoms with E-state index in [9.17, 15) is 19.8 Å². The number of aliphatic hydroxyl groups is 2. The molecule has 0 heterocycles. The Labute approximate surface area is 457 Å². The maximum atomic E-state index is 12.5. The van der Waals surface area contributed by atoms with Crippen molar-refractivity contribution < 1.29 is 24.5 Å². The Balaban J connectivity index is 3.39. The number of unbranched alkanes of at least 4 members (excludes halogenated alkanes) is 52. The molecule has 0 bridgehead atoms. The molecule has 1 amide bonds. The molecule has 0 rings (SSSR count). The average molecular weight is 1030 g/mol. The smallest absolute Gasteiger partial charge is 0.305 e. The van der Waals surface area contributed by atoms with Gasteiger partial charge < -0.3 is 20.3 Å². The highest BCUT2D eigenvalue weighted by atomic mass is 16.5. The van der Waals surface area contributed by atoms with Gasteiger partial charge in [-0.2, -0.15) is 0 Å². The van der Waals surface area contributed by atoms with Crippen LogP contribution in [0, 0.1) is 0 Å². The summed E-state index contributed by atoms with van der Waals surface area (Å²) in [5, 5.41) is 23.2. The Morgan fingerprint density at radius 1 is 0.370 bits per heavy atom. The molecule has 0 aliphatic heterocycles. The van der Waals surface area contributed by atoms with Gasteiger partial charge in [0.2, 0.25) is 5.91 Å². The minimum absolute atomic E-state index is 0.0165. The minimum Gasteiger partial charge on any atom is -0.466 e. The second-order valence-electron chi connectivity index (χ2n) is 23.2. The molecule has 0 saturated carbocycles. The van der Waals surface area contributed by atoms with Gasteiger partial charge in [0.15, 0.2) is 0 Å². The number of carbonyl (C=O) groups is 2. The summed E-state index contributed by atoms with van der Waals surface area (Å²) < 4.78 is 5.47. The Kier molecular flexibility index (Phi) is 61.9. The largest absolute Gasteiger partial charge is 0.466 e. The van der Waals surface area contributed by atoms with E-state index in [1.165, 1.54) is 315 Å². The Morgan fingerprint density at radius 2 is 0.630 bits per heavy atom. The van der Waals surface area contributed by atoms with Crippen LogP contribution in [0.2, 0.25) is 0 Å². The van der Waals surface area contributed by atoms with Crippen LogP contribution in [0.1, 0.15) is 380 Å². The van der Waals surface area contributed by atoms with Gasteiger partial charge in [-0.15, -0.1) is 0 Å². The Hall–Kier alpha value is -1.40. The van der Waals surface area contributed by atoms with Crippen molar-refractivity contribution in [1.82, 2.24) is 5.32 Å². The zero-order valence-corrected chi connectivity index (χ0v) is 49.6. The van der Waals surface area contributed by atoms with Crippen LogP contribution < -0.4 is 5.32 Å². The summed E-state index contributed by atoms with van der Waals surface area (Å²) in [5.74, 6) is -0.0457. The van der Waals surface area contributed by atoms with E-state index >= 15 is 0 Å². The number of esters is 1. The lowest BCUT2D eigenvalue weighted by atomic mass is 10.0. The molecule has 0 saturated heterocycles. The first-order valence-corrected chi connectivity index (χ1v) is 33.5. The topological polar surface area (TPSA) is 95.9 Å². The molecule has 6 nitrogen and oxygen atoms in total. The molecule has 0 aromatic carbocycles. The van der Waals surface area contributed by atoms with Crippen LogP contribution in [0.3, 0.4) is 0 Å². The SMILES string of the molecule is CCCCCCCCCCCCCCCCCCCC/C=C/C(O)C(CO)NC(=O)CCCCCCCCCCCCCCCCCCCCCCCCCCCOC(=O)CCCCCCCCCCCCC. The van der Waals surface area contributed by atoms with E-state index in [1.807, 2.05) is 6.08 Å². The van der Waals surface area contributed by atoms with Gasteiger partial charge in [-0.1, -0.05) is 347 Å². The van der Waals surface area contributed by atoms with Gasteiger partial charge in [0.25, 0.3) is 0 Å². The molecule has 0 spiro atoms. The number of rotatable bonds is 63. The van der Waals surface area contributed by atoms with Gasteiger partial charge in [-0.3, -0.25) is 9.59 Å². The molecular weight excluding hydrogens is 899 g/mol. The van der Waals surface area contributed by atoms with Gasteiger partial charge in [0, 0.05) is 12.8 Å². The normalized spacial score (nSPS) is 12.5. The van der Waals surface area contributed by atoms with E-state index in [2.05, 4.69) is 19.2 Å². The number of carbonyl (C=O) groups excluding carboxylic acids is 2. The Bertz CT molecular complexity index is 1100. The van der Waals surface area contributed by atoms with Crippen LogP contribution >= 0.6 is 0 Å². The van der Waals surface area contributed by atoms with Crippen molar-refractivity contribution in [1.29, 1.82) is 0 Å². The Morgan fingerprint density at radius 3 is 0.932 bits per heavy atom. The van der Waals surface area contributed by atoms with E-state index in [0.29, 0.717) is 19.4 Å². The van der Waals surface area contributed by atoms with Crippen molar-refractivity contribution in [2.24, 2.45) is 0 Å². The summed E-state index contributed by atoms with van der Waals surface area (Å²) >= 11 is 0. The van der Waals surface area contributed by atoms with Crippen molar-refractivity contribution >= 4 is 11.9 Å². The van der Waals surface area contributed by atoms with Gasteiger partial charge >= 0.3 is 5.97 Å². The average Bonchev–Trinajstić information content (AvgIpc) is 3.39. The highest BCUT2D eigenvalue weighted by molar-refractivity contribution is 5.76. The van der Waals surface area contributed by atoms with Crippen molar-refractivity contribution in [3.63, 3.8) is 0 Å². The quantitative estimate of drug-likeness (QED) is 0.0320. The third-order valence-electron chi connectivity index (χ3n) is 15.8. The number of hydrogen-bond donors (Lipinski definition) is 3. The van der Waals surface area contributed by atoms with Crippen LogP contribution in [0.5, 0.6) is 0 Å². The summed E-state index contributed by atoms with van der Waals surface area (Å²) in [6.45, 7) is 4.94. The molecule has 0 aliphatic rings. The molecule has 0 fully saturated rings. The standard InChI is InChI=1S/C67H131NO5/c1-3-5-7-9-11-13-15-16-17-18-19-27-30-33-36-40-43-47-51-55-59-65(70)64(63-69)68-66(71)60-56-52-48-44-41-37-34-31-28-25-23-21-20-22-24-26-29-32-35-38-42-46-50-54-58-62-73-67(72)61-57-53-49-45-39-14-12-10-8-6-4-2/h55,59,64-65,69-70H,3-54,56-58,60-63H2,1-2H3,(H,68,71)/b59-55+. The van der Waals surface area contributed by atoms with Crippen LogP contribution in [-0.2, 0) is 14.3 Å². The molecule has 73 heavy (non-hydrogen) atoms. The van der Waals surface area contributed by atoms with Gasteiger partial charge in [0.05, 0.1) is 25.4 Å². The van der Waals surface area contributed by atoms with Crippen LogP contribution in [-0.4, -0.2) is 47.4 Å². The summed E-state index contributed by atoms with van der Waals surface area (Å²) in [6, 6.07) is -0.626.